The number of hydrogen-bond acceptors (Lipinski definition) is 7. The molecule has 7 rings (SSSR count). The maximum absolute atomic E-state index is 14.2. The fraction of sp³-hybridized carbons (Fsp3) is 0.740. The van der Waals surface area contributed by atoms with Gasteiger partial charge in [-0.15, -0.1) is 0 Å². The minimum absolute atomic E-state index is 0.0165. The number of esters is 1. The Morgan fingerprint density at radius 3 is 2.11 bits per heavy atom. The summed E-state index contributed by atoms with van der Waals surface area (Å²) in [5.74, 6) is -1.47. The molecule has 336 valence electrons. The highest BCUT2D eigenvalue weighted by Gasteiger charge is 2.70. The SMILES string of the molecule is CC(C)C1=C2[C@H]3CC[C@@H]4[C@@]5(C)CC[C@H](OC(=O)[C@H]6C[C@@H](C(=O)O)C6(C)C)C(C)(C)[C@@H]5CC[C@@]4(C)[C@]3(C)CC[C@@]2(CC(=O)N[C@H](CNC(=O)c2ccc(Cl)cc2)C(C)O)CC1=O. The summed E-state index contributed by atoms with van der Waals surface area (Å²) in [7, 11) is 0. The molecular formula is C50H71ClN2O8. The van der Waals surface area contributed by atoms with Gasteiger partial charge >= 0.3 is 11.9 Å². The number of allylic oxidation sites excluding steroid dienone is 2. The van der Waals surface area contributed by atoms with Gasteiger partial charge in [0.25, 0.3) is 5.91 Å². The highest BCUT2D eigenvalue weighted by molar-refractivity contribution is 6.30. The Morgan fingerprint density at radius 1 is 0.836 bits per heavy atom. The summed E-state index contributed by atoms with van der Waals surface area (Å²) >= 11 is 6.00. The molecule has 6 aliphatic carbocycles. The molecule has 0 heterocycles. The van der Waals surface area contributed by atoms with E-state index < -0.39 is 40.8 Å². The highest BCUT2D eigenvalue weighted by Crippen LogP contribution is 2.77. The number of carboxylic acid groups (broad SMARTS) is 1. The second-order valence-electron chi connectivity index (χ2n) is 22.6. The van der Waals surface area contributed by atoms with Gasteiger partial charge in [-0.25, -0.2) is 0 Å². The normalized spacial score (nSPS) is 38.1. The van der Waals surface area contributed by atoms with Gasteiger partial charge in [0.05, 0.1) is 24.0 Å². The molecule has 4 N–H and O–H groups in total. The van der Waals surface area contributed by atoms with Gasteiger partial charge in [-0.2, -0.15) is 0 Å². The lowest BCUT2D eigenvalue weighted by atomic mass is 9.33. The molecule has 5 saturated carbocycles. The summed E-state index contributed by atoms with van der Waals surface area (Å²) < 4.78 is 6.41. The van der Waals surface area contributed by atoms with E-state index in [1.807, 2.05) is 13.8 Å². The zero-order chi connectivity index (χ0) is 44.8. The summed E-state index contributed by atoms with van der Waals surface area (Å²) in [6.45, 7) is 21.7. The summed E-state index contributed by atoms with van der Waals surface area (Å²) in [5, 5.41) is 26.8. The zero-order valence-electron chi connectivity index (χ0n) is 38.2. The first kappa shape index (κ1) is 45.8. The average Bonchev–Trinajstić information content (AvgIpc) is 3.45. The van der Waals surface area contributed by atoms with Crippen molar-refractivity contribution >= 4 is 41.1 Å². The number of hydrogen-bond donors (Lipinski definition) is 4. The van der Waals surface area contributed by atoms with Gasteiger partial charge in [0, 0.05) is 40.8 Å². The number of nitrogens with one attached hydrogen (secondary N) is 2. The molecule has 61 heavy (non-hydrogen) atoms. The Morgan fingerprint density at radius 2 is 1.51 bits per heavy atom. The van der Waals surface area contributed by atoms with Crippen LogP contribution in [0.3, 0.4) is 0 Å². The van der Waals surface area contributed by atoms with E-state index in [-0.39, 0.29) is 76.1 Å². The van der Waals surface area contributed by atoms with Crippen molar-refractivity contribution in [3.63, 3.8) is 0 Å². The van der Waals surface area contributed by atoms with Crippen LogP contribution in [0.5, 0.6) is 0 Å². The molecule has 0 aliphatic heterocycles. The lowest BCUT2D eigenvalue weighted by Crippen LogP contribution is -2.66. The van der Waals surface area contributed by atoms with Crippen LogP contribution >= 0.6 is 11.6 Å². The molecule has 11 heteroatoms. The number of ether oxygens (including phenoxy) is 1. The topological polar surface area (TPSA) is 159 Å². The average molecular weight is 864 g/mol. The van der Waals surface area contributed by atoms with Gasteiger partial charge in [-0.05, 0) is 140 Å². The number of amides is 2. The second-order valence-corrected chi connectivity index (χ2v) is 23.0. The van der Waals surface area contributed by atoms with Gasteiger partial charge in [0.2, 0.25) is 5.91 Å². The summed E-state index contributed by atoms with van der Waals surface area (Å²) in [5.41, 5.74) is 0.990. The van der Waals surface area contributed by atoms with Crippen LogP contribution in [0.2, 0.25) is 5.02 Å². The lowest BCUT2D eigenvalue weighted by Gasteiger charge is -2.72. The summed E-state index contributed by atoms with van der Waals surface area (Å²) in [6.07, 6.45) is 7.08. The van der Waals surface area contributed by atoms with Crippen LogP contribution in [0.15, 0.2) is 35.4 Å². The first-order valence-electron chi connectivity index (χ1n) is 23.1. The number of rotatable bonds is 11. The van der Waals surface area contributed by atoms with E-state index >= 15 is 0 Å². The molecule has 0 saturated heterocycles. The smallest absolute Gasteiger partial charge is 0.309 e. The number of aliphatic hydroxyl groups is 1. The van der Waals surface area contributed by atoms with Crippen molar-refractivity contribution in [3.8, 4) is 0 Å². The molecule has 10 nitrogen and oxygen atoms in total. The number of aliphatic hydroxyl groups excluding tert-OH is 1. The summed E-state index contributed by atoms with van der Waals surface area (Å²) in [4.78, 5) is 66.7. The molecule has 0 bridgehead atoms. The number of carboxylic acids is 1. The van der Waals surface area contributed by atoms with Crippen LogP contribution in [-0.4, -0.2) is 64.5 Å². The van der Waals surface area contributed by atoms with Crippen molar-refractivity contribution in [3.05, 3.63) is 46.0 Å². The van der Waals surface area contributed by atoms with E-state index in [1.165, 1.54) is 5.57 Å². The Hall–Kier alpha value is -3.24. The van der Waals surface area contributed by atoms with Crippen LogP contribution in [0, 0.1) is 68.0 Å². The predicted octanol–water partition coefficient (Wildman–Crippen LogP) is 8.96. The molecule has 1 aromatic rings. The number of benzene rings is 1. The van der Waals surface area contributed by atoms with Crippen molar-refractivity contribution in [2.45, 2.75) is 158 Å². The number of halogens is 1. The fourth-order valence-corrected chi connectivity index (χ4v) is 15.0. The number of carbonyl (C=O) groups excluding carboxylic acids is 4. The Labute approximate surface area is 368 Å². The maximum Gasteiger partial charge on any atom is 0.309 e. The Balaban J connectivity index is 1.09. The molecule has 12 atom stereocenters. The van der Waals surface area contributed by atoms with Gasteiger partial charge in [-0.1, -0.05) is 79.5 Å². The predicted molar refractivity (Wildman–Crippen MR) is 234 cm³/mol. The number of carbonyl (C=O) groups is 5. The molecule has 0 spiro atoms. The minimum Gasteiger partial charge on any atom is -0.481 e. The summed E-state index contributed by atoms with van der Waals surface area (Å²) in [6, 6.07) is 5.82. The molecule has 0 aromatic heterocycles. The van der Waals surface area contributed by atoms with E-state index in [0.29, 0.717) is 35.3 Å². The van der Waals surface area contributed by atoms with Gasteiger partial charge < -0.3 is 25.6 Å². The zero-order valence-corrected chi connectivity index (χ0v) is 39.0. The van der Waals surface area contributed by atoms with Gasteiger partial charge in [-0.3, -0.25) is 24.0 Å². The standard InChI is InChI=1S/C50H71ClN2O8/c1-27(2)40-35(55)24-50(25-39(56)53-34(28(3)54)26-52-42(57)29-11-13-30(51)14-12-29)22-21-48(9)31(41(40)50)15-16-37-47(8)19-18-38(46(6,7)36(47)17-20-49(37,48)10)61-44(60)33-23-32(43(58)59)45(33,4)5/h11-14,27-28,31-34,36-38,54H,15-26H2,1-10H3,(H,52,57)(H,53,56)(H,58,59)/t28?,31-,32+,33-,34-,36+,37-,38+,47+,48-,49-,50+/m1/s1. The van der Waals surface area contributed by atoms with Crippen LogP contribution in [0.1, 0.15) is 150 Å². The van der Waals surface area contributed by atoms with E-state index in [0.717, 1.165) is 56.9 Å². The highest BCUT2D eigenvalue weighted by atomic mass is 35.5. The van der Waals surface area contributed by atoms with Crippen molar-refractivity contribution in [2.75, 3.05) is 6.54 Å². The van der Waals surface area contributed by atoms with Crippen LogP contribution in [0.4, 0.5) is 0 Å². The van der Waals surface area contributed by atoms with Crippen molar-refractivity contribution in [2.24, 2.45) is 68.0 Å². The Kier molecular flexibility index (Phi) is 11.8. The molecule has 0 radical (unpaired) electrons. The molecule has 6 aliphatic rings. The molecule has 1 aromatic carbocycles. The van der Waals surface area contributed by atoms with Crippen molar-refractivity contribution in [1.29, 1.82) is 0 Å². The third-order valence-electron chi connectivity index (χ3n) is 18.6. The van der Waals surface area contributed by atoms with Gasteiger partial charge in [0.15, 0.2) is 5.78 Å². The van der Waals surface area contributed by atoms with Gasteiger partial charge in [0.1, 0.15) is 6.10 Å². The van der Waals surface area contributed by atoms with Crippen molar-refractivity contribution < 1.29 is 38.9 Å². The van der Waals surface area contributed by atoms with E-state index in [2.05, 4.69) is 59.1 Å². The second kappa shape index (κ2) is 15.8. The lowest BCUT2D eigenvalue weighted by molar-refractivity contribution is -0.236. The third kappa shape index (κ3) is 7.29. The van der Waals surface area contributed by atoms with Crippen molar-refractivity contribution in [1.82, 2.24) is 10.6 Å². The quantitative estimate of drug-likeness (QED) is 0.161. The van der Waals surface area contributed by atoms with E-state index in [4.69, 9.17) is 16.3 Å². The monoisotopic (exact) mass is 862 g/mol. The van der Waals surface area contributed by atoms with E-state index in [1.54, 1.807) is 31.2 Å². The molecule has 2 amide bonds. The first-order valence-corrected chi connectivity index (χ1v) is 23.4. The molecule has 1 unspecified atom stereocenters. The minimum atomic E-state index is -0.923. The number of aliphatic carboxylic acids is 1. The third-order valence-corrected chi connectivity index (χ3v) is 18.9. The van der Waals surface area contributed by atoms with Crippen LogP contribution < -0.4 is 10.6 Å². The molecular weight excluding hydrogens is 792 g/mol. The van der Waals surface area contributed by atoms with Crippen LogP contribution in [0.25, 0.3) is 0 Å². The Bertz CT molecular complexity index is 1990. The number of fused-ring (bicyclic) bond motifs is 7. The molecule has 5 fully saturated rings. The fourth-order valence-electron chi connectivity index (χ4n) is 14.9. The maximum atomic E-state index is 14.2. The number of ketones is 1. The van der Waals surface area contributed by atoms with Crippen LogP contribution in [-0.2, 0) is 23.9 Å². The first-order chi connectivity index (χ1) is 28.3. The largest absolute Gasteiger partial charge is 0.481 e. The van der Waals surface area contributed by atoms with E-state index in [9.17, 15) is 34.2 Å². The number of Topliss-reactive ketones (excluding diaryl/α,β-unsaturated/α-hetero) is 1.